The summed E-state index contributed by atoms with van der Waals surface area (Å²) in [7, 11) is 1.80. The lowest BCUT2D eigenvalue weighted by atomic mass is 9.78. The van der Waals surface area contributed by atoms with Gasteiger partial charge in [0.15, 0.2) is 0 Å². The van der Waals surface area contributed by atoms with Crippen LogP contribution in [-0.2, 0) is 4.74 Å². The minimum atomic E-state index is 0.157. The molecule has 2 bridgehead atoms. The number of ether oxygens (including phenoxy) is 1. The first-order chi connectivity index (χ1) is 7.54. The highest BCUT2D eigenvalue weighted by Gasteiger charge is 2.43. The summed E-state index contributed by atoms with van der Waals surface area (Å²) in [5, 5.41) is 0. The number of hydrogen-bond donors (Lipinski definition) is 1. The normalized spacial score (nSPS) is 36.4. The van der Waals surface area contributed by atoms with Crippen molar-refractivity contribution in [2.75, 3.05) is 13.7 Å². The van der Waals surface area contributed by atoms with Crippen LogP contribution in [0.2, 0.25) is 0 Å². The van der Waals surface area contributed by atoms with Crippen molar-refractivity contribution < 1.29 is 4.74 Å². The first-order valence-corrected chi connectivity index (χ1v) is 6.57. The second-order valence-corrected chi connectivity index (χ2v) is 6.12. The quantitative estimate of drug-likeness (QED) is 0.797. The van der Waals surface area contributed by atoms with Gasteiger partial charge in [0.25, 0.3) is 0 Å². The second-order valence-electron chi connectivity index (χ2n) is 6.12. The van der Waals surface area contributed by atoms with Crippen LogP contribution in [-0.4, -0.2) is 42.3 Å². The van der Waals surface area contributed by atoms with Gasteiger partial charge in [-0.3, -0.25) is 4.90 Å². The molecule has 2 aliphatic rings. The Morgan fingerprint density at radius 1 is 1.25 bits per heavy atom. The van der Waals surface area contributed by atoms with E-state index in [2.05, 4.69) is 18.7 Å². The zero-order valence-electron chi connectivity index (χ0n) is 10.9. The molecule has 3 heteroatoms. The van der Waals surface area contributed by atoms with Crippen LogP contribution in [0.1, 0.15) is 46.0 Å². The number of methoxy groups -OCH3 is 1. The summed E-state index contributed by atoms with van der Waals surface area (Å²) in [4.78, 5) is 2.70. The van der Waals surface area contributed by atoms with Gasteiger partial charge in [-0.2, -0.15) is 0 Å². The van der Waals surface area contributed by atoms with Gasteiger partial charge < -0.3 is 10.5 Å². The fourth-order valence-corrected chi connectivity index (χ4v) is 3.84. The zero-order chi connectivity index (χ0) is 11.8. The molecule has 2 atom stereocenters. The highest BCUT2D eigenvalue weighted by molar-refractivity contribution is 5.00. The average molecular weight is 226 g/mol. The molecule has 0 radical (unpaired) electrons. The highest BCUT2D eigenvalue weighted by atomic mass is 16.5. The molecule has 3 nitrogen and oxygen atoms in total. The number of fused-ring (bicyclic) bond motifs is 2. The van der Waals surface area contributed by atoms with Crippen molar-refractivity contribution in [3.8, 4) is 0 Å². The van der Waals surface area contributed by atoms with Crippen LogP contribution in [0.25, 0.3) is 0 Å². The Morgan fingerprint density at radius 3 is 2.31 bits per heavy atom. The molecule has 2 saturated heterocycles. The van der Waals surface area contributed by atoms with Crippen LogP contribution in [0, 0.1) is 0 Å². The first-order valence-electron chi connectivity index (χ1n) is 6.57. The maximum Gasteiger partial charge on any atom is 0.0641 e. The van der Waals surface area contributed by atoms with Crippen molar-refractivity contribution >= 4 is 0 Å². The largest absolute Gasteiger partial charge is 0.383 e. The molecule has 2 aliphatic heterocycles. The molecule has 2 N–H and O–H groups in total. The van der Waals surface area contributed by atoms with Crippen molar-refractivity contribution in [1.82, 2.24) is 4.90 Å². The van der Waals surface area contributed by atoms with E-state index in [4.69, 9.17) is 10.5 Å². The molecule has 2 heterocycles. The van der Waals surface area contributed by atoms with Crippen molar-refractivity contribution in [2.45, 2.75) is 69.6 Å². The second kappa shape index (κ2) is 4.63. The van der Waals surface area contributed by atoms with Gasteiger partial charge in [0.05, 0.1) is 6.61 Å². The van der Waals surface area contributed by atoms with Crippen molar-refractivity contribution in [1.29, 1.82) is 0 Å². The fraction of sp³-hybridized carbons (Fsp3) is 1.00. The summed E-state index contributed by atoms with van der Waals surface area (Å²) in [6.07, 6.45) is 6.35. The van der Waals surface area contributed by atoms with Gasteiger partial charge in [0, 0.05) is 30.8 Å². The summed E-state index contributed by atoms with van der Waals surface area (Å²) in [6, 6.07) is 1.80. The van der Waals surface area contributed by atoms with E-state index in [1.165, 1.54) is 32.1 Å². The van der Waals surface area contributed by atoms with E-state index in [1.807, 2.05) is 0 Å². The molecule has 0 aromatic rings. The van der Waals surface area contributed by atoms with Crippen molar-refractivity contribution in [2.24, 2.45) is 5.73 Å². The summed E-state index contributed by atoms with van der Waals surface area (Å²) in [5.41, 5.74) is 6.30. The third kappa shape index (κ3) is 2.27. The number of hydrogen-bond acceptors (Lipinski definition) is 3. The molecule has 0 aromatic carbocycles. The van der Waals surface area contributed by atoms with E-state index in [-0.39, 0.29) is 5.54 Å². The maximum atomic E-state index is 6.15. The van der Waals surface area contributed by atoms with Gasteiger partial charge in [-0.05, 0) is 39.5 Å². The van der Waals surface area contributed by atoms with Gasteiger partial charge in [-0.15, -0.1) is 0 Å². The third-order valence-corrected chi connectivity index (χ3v) is 4.21. The fourth-order valence-electron chi connectivity index (χ4n) is 3.84. The predicted molar refractivity (Wildman–Crippen MR) is 66.4 cm³/mol. The Morgan fingerprint density at radius 2 is 1.81 bits per heavy atom. The molecule has 0 aromatic heterocycles. The lowest BCUT2D eigenvalue weighted by Gasteiger charge is -2.55. The van der Waals surface area contributed by atoms with E-state index in [1.54, 1.807) is 7.11 Å². The molecule has 0 aliphatic carbocycles. The number of nitrogens with two attached hydrogens (primary N) is 1. The van der Waals surface area contributed by atoms with Gasteiger partial charge in [-0.1, -0.05) is 6.42 Å². The smallest absolute Gasteiger partial charge is 0.0641 e. The van der Waals surface area contributed by atoms with Gasteiger partial charge in [-0.25, -0.2) is 0 Å². The van der Waals surface area contributed by atoms with E-state index in [0.717, 1.165) is 6.61 Å². The van der Waals surface area contributed by atoms with Crippen molar-refractivity contribution in [3.63, 3.8) is 0 Å². The summed E-state index contributed by atoms with van der Waals surface area (Å²) < 4.78 is 5.38. The van der Waals surface area contributed by atoms with Crippen LogP contribution < -0.4 is 5.73 Å². The third-order valence-electron chi connectivity index (χ3n) is 4.21. The molecule has 94 valence electrons. The van der Waals surface area contributed by atoms with Crippen LogP contribution in [0.3, 0.4) is 0 Å². The lowest BCUT2D eigenvalue weighted by Crippen LogP contribution is -2.63. The number of nitrogens with zero attached hydrogens (tertiary/aromatic N) is 1. The van der Waals surface area contributed by atoms with Crippen LogP contribution >= 0.6 is 0 Å². The number of piperidine rings is 2. The minimum Gasteiger partial charge on any atom is -0.383 e. The Balaban J connectivity index is 2.13. The lowest BCUT2D eigenvalue weighted by molar-refractivity contribution is -0.0718. The standard InChI is InChI=1S/C13H26N2O/c1-13(2,9-16-3)15-11-5-4-6-12(15)8-10(14)7-11/h10-12H,4-9,14H2,1-3H3. The predicted octanol–water partition coefficient (Wildman–Crippen LogP) is 1.76. The Labute approximate surface area is 99.3 Å². The van der Waals surface area contributed by atoms with Crippen LogP contribution in [0.5, 0.6) is 0 Å². The monoisotopic (exact) mass is 226 g/mol. The molecule has 0 saturated carbocycles. The summed E-state index contributed by atoms with van der Waals surface area (Å²) >= 11 is 0. The van der Waals surface area contributed by atoms with E-state index < -0.39 is 0 Å². The molecule has 2 rings (SSSR count). The van der Waals surface area contributed by atoms with Gasteiger partial charge in [0.2, 0.25) is 0 Å². The SMILES string of the molecule is COCC(C)(C)N1C2CCCC1CC(N)C2. The van der Waals surface area contributed by atoms with Crippen LogP contribution in [0.15, 0.2) is 0 Å². The Hall–Kier alpha value is -0.120. The molecular weight excluding hydrogens is 200 g/mol. The minimum absolute atomic E-state index is 0.157. The molecule has 2 fully saturated rings. The summed E-state index contributed by atoms with van der Waals surface area (Å²) in [5.74, 6) is 0. The Bertz CT molecular complexity index is 228. The highest BCUT2D eigenvalue weighted by Crippen LogP contribution is 2.38. The van der Waals surface area contributed by atoms with E-state index in [9.17, 15) is 0 Å². The average Bonchev–Trinajstić information content (AvgIpc) is 2.15. The first kappa shape index (κ1) is 12.3. The van der Waals surface area contributed by atoms with Crippen molar-refractivity contribution in [3.05, 3.63) is 0 Å². The molecule has 16 heavy (non-hydrogen) atoms. The molecule has 0 amide bonds. The van der Waals surface area contributed by atoms with Gasteiger partial charge in [0.1, 0.15) is 0 Å². The molecule has 2 unspecified atom stereocenters. The van der Waals surface area contributed by atoms with Crippen LogP contribution in [0.4, 0.5) is 0 Å². The van der Waals surface area contributed by atoms with E-state index in [0.29, 0.717) is 18.1 Å². The maximum absolute atomic E-state index is 6.15. The molecular formula is C13H26N2O. The van der Waals surface area contributed by atoms with Gasteiger partial charge >= 0.3 is 0 Å². The Kier molecular flexibility index (Phi) is 3.57. The number of rotatable bonds is 3. The summed E-state index contributed by atoms with van der Waals surface area (Å²) in [6.45, 7) is 5.42. The zero-order valence-corrected chi connectivity index (χ0v) is 10.9. The topological polar surface area (TPSA) is 38.5 Å². The van der Waals surface area contributed by atoms with E-state index >= 15 is 0 Å². The molecule has 0 spiro atoms.